The van der Waals surface area contributed by atoms with Crippen LogP contribution in [0, 0.1) is 13.8 Å². The summed E-state index contributed by atoms with van der Waals surface area (Å²) in [6.45, 7) is 4.89. The number of hydrogen-bond acceptors (Lipinski definition) is 2. The molecular formula is C24H21NO2. The second-order valence-electron chi connectivity index (χ2n) is 7.47. The Balaban J connectivity index is 1.84. The van der Waals surface area contributed by atoms with Gasteiger partial charge in [0.05, 0.1) is 13.2 Å². The smallest absolute Gasteiger partial charge is 0.255 e. The standard InChI is InChI=1S/C24H21NO2/c1-14-10-16-13-25-23(18-6-4-5-7-20(18)24(25)26)19-9-8-17(27-3)12-22(19)21(16)11-15(14)2/h4-12,23H,13H2,1-3H3. The van der Waals surface area contributed by atoms with Crippen LogP contribution in [0.3, 0.4) is 0 Å². The van der Waals surface area contributed by atoms with E-state index < -0.39 is 0 Å². The molecule has 3 aromatic rings. The third-order valence-corrected chi connectivity index (χ3v) is 5.96. The Morgan fingerprint density at radius 3 is 2.44 bits per heavy atom. The van der Waals surface area contributed by atoms with Gasteiger partial charge in [0.15, 0.2) is 0 Å². The second-order valence-corrected chi connectivity index (χ2v) is 7.47. The van der Waals surface area contributed by atoms with Crippen molar-refractivity contribution in [3.63, 3.8) is 0 Å². The summed E-state index contributed by atoms with van der Waals surface area (Å²) in [4.78, 5) is 15.2. The van der Waals surface area contributed by atoms with Crippen molar-refractivity contribution in [2.45, 2.75) is 26.4 Å². The minimum atomic E-state index is -0.0531. The summed E-state index contributed by atoms with van der Waals surface area (Å²) in [6, 6.07) is 18.6. The summed E-state index contributed by atoms with van der Waals surface area (Å²) >= 11 is 0. The van der Waals surface area contributed by atoms with Crippen LogP contribution >= 0.6 is 0 Å². The van der Waals surface area contributed by atoms with E-state index in [1.807, 2.05) is 29.2 Å². The predicted octanol–water partition coefficient (Wildman–Crippen LogP) is 5.04. The van der Waals surface area contributed by atoms with E-state index in [0.717, 1.165) is 28.0 Å². The van der Waals surface area contributed by atoms with Crippen molar-refractivity contribution in [2.24, 2.45) is 0 Å². The van der Waals surface area contributed by atoms with E-state index in [1.165, 1.54) is 22.3 Å². The number of hydrogen-bond donors (Lipinski definition) is 0. The van der Waals surface area contributed by atoms with Crippen molar-refractivity contribution in [1.82, 2.24) is 4.90 Å². The lowest BCUT2D eigenvalue weighted by molar-refractivity contribution is 0.0738. The number of carbonyl (C=O) groups is 1. The van der Waals surface area contributed by atoms with Crippen LogP contribution in [0.4, 0.5) is 0 Å². The van der Waals surface area contributed by atoms with Crippen molar-refractivity contribution < 1.29 is 9.53 Å². The molecule has 0 fully saturated rings. The number of amides is 1. The summed E-state index contributed by atoms with van der Waals surface area (Å²) < 4.78 is 5.51. The fraction of sp³-hybridized carbons (Fsp3) is 0.208. The molecule has 0 N–H and O–H groups in total. The normalized spacial score (nSPS) is 16.9. The molecule has 0 saturated heterocycles. The average molecular weight is 355 g/mol. The monoisotopic (exact) mass is 355 g/mol. The molecule has 0 aliphatic carbocycles. The van der Waals surface area contributed by atoms with Gasteiger partial charge in [-0.1, -0.05) is 36.4 Å². The number of methoxy groups -OCH3 is 1. The van der Waals surface area contributed by atoms with Crippen molar-refractivity contribution >= 4 is 5.91 Å². The summed E-state index contributed by atoms with van der Waals surface area (Å²) in [5.74, 6) is 0.951. The lowest BCUT2D eigenvalue weighted by Crippen LogP contribution is -2.27. The molecule has 1 amide bonds. The van der Waals surface area contributed by atoms with Gasteiger partial charge < -0.3 is 9.64 Å². The van der Waals surface area contributed by atoms with E-state index in [-0.39, 0.29) is 11.9 Å². The number of fused-ring (bicyclic) bond motifs is 7. The highest BCUT2D eigenvalue weighted by atomic mass is 16.5. The molecule has 1 unspecified atom stereocenters. The van der Waals surface area contributed by atoms with Crippen molar-refractivity contribution in [2.75, 3.05) is 7.11 Å². The van der Waals surface area contributed by atoms with Gasteiger partial charge in [0, 0.05) is 12.1 Å². The quantitative estimate of drug-likeness (QED) is 0.612. The van der Waals surface area contributed by atoms with Crippen LogP contribution in [0.1, 0.15) is 44.2 Å². The van der Waals surface area contributed by atoms with Crippen molar-refractivity contribution in [3.05, 3.63) is 88.0 Å². The van der Waals surface area contributed by atoms with Crippen LogP contribution in [-0.4, -0.2) is 17.9 Å². The molecule has 2 heterocycles. The summed E-state index contributed by atoms with van der Waals surface area (Å²) in [5, 5.41) is 0. The van der Waals surface area contributed by atoms with Crippen LogP contribution in [0.2, 0.25) is 0 Å². The van der Waals surface area contributed by atoms with Gasteiger partial charge >= 0.3 is 0 Å². The Kier molecular flexibility index (Phi) is 3.41. The number of aryl methyl sites for hydroxylation is 2. The van der Waals surface area contributed by atoms with E-state index in [9.17, 15) is 4.79 Å². The van der Waals surface area contributed by atoms with Crippen LogP contribution in [0.5, 0.6) is 5.75 Å². The molecule has 0 bridgehead atoms. The number of nitrogens with zero attached hydrogens (tertiary/aromatic N) is 1. The zero-order valence-corrected chi connectivity index (χ0v) is 15.7. The van der Waals surface area contributed by atoms with Gasteiger partial charge in [0.1, 0.15) is 5.75 Å². The van der Waals surface area contributed by atoms with Gasteiger partial charge in [-0.15, -0.1) is 0 Å². The molecule has 3 nitrogen and oxygen atoms in total. The third-order valence-electron chi connectivity index (χ3n) is 5.96. The van der Waals surface area contributed by atoms with Crippen LogP contribution in [0.15, 0.2) is 54.6 Å². The van der Waals surface area contributed by atoms with Gasteiger partial charge in [0.2, 0.25) is 0 Å². The molecule has 2 aliphatic heterocycles. The Morgan fingerprint density at radius 1 is 0.889 bits per heavy atom. The number of rotatable bonds is 1. The van der Waals surface area contributed by atoms with Gasteiger partial charge in [-0.2, -0.15) is 0 Å². The van der Waals surface area contributed by atoms with E-state index >= 15 is 0 Å². The highest BCUT2D eigenvalue weighted by Gasteiger charge is 2.40. The van der Waals surface area contributed by atoms with Gasteiger partial charge in [-0.3, -0.25) is 4.79 Å². The number of benzene rings is 3. The van der Waals surface area contributed by atoms with Crippen LogP contribution < -0.4 is 4.74 Å². The van der Waals surface area contributed by atoms with E-state index in [1.54, 1.807) is 7.11 Å². The predicted molar refractivity (Wildman–Crippen MR) is 106 cm³/mol. The van der Waals surface area contributed by atoms with E-state index in [2.05, 4.69) is 44.2 Å². The van der Waals surface area contributed by atoms with Crippen molar-refractivity contribution in [3.8, 4) is 16.9 Å². The number of ether oxygens (including phenoxy) is 1. The molecular weight excluding hydrogens is 334 g/mol. The minimum Gasteiger partial charge on any atom is -0.497 e. The second kappa shape index (κ2) is 5.71. The van der Waals surface area contributed by atoms with Crippen molar-refractivity contribution in [1.29, 1.82) is 0 Å². The first kappa shape index (κ1) is 16.1. The maximum Gasteiger partial charge on any atom is 0.255 e. The molecule has 0 radical (unpaired) electrons. The molecule has 2 aliphatic rings. The van der Waals surface area contributed by atoms with Gasteiger partial charge in [-0.05, 0) is 71.0 Å². The first-order valence-corrected chi connectivity index (χ1v) is 9.27. The molecule has 27 heavy (non-hydrogen) atoms. The van der Waals surface area contributed by atoms with E-state index in [0.29, 0.717) is 6.54 Å². The van der Waals surface area contributed by atoms with Crippen LogP contribution in [0.25, 0.3) is 11.1 Å². The summed E-state index contributed by atoms with van der Waals surface area (Å²) in [5.41, 5.74) is 9.13. The van der Waals surface area contributed by atoms with Gasteiger partial charge in [-0.25, -0.2) is 0 Å². The molecule has 5 rings (SSSR count). The first-order chi connectivity index (χ1) is 13.1. The zero-order valence-electron chi connectivity index (χ0n) is 15.7. The molecule has 3 aromatic carbocycles. The average Bonchev–Trinajstić information content (AvgIpc) is 2.88. The summed E-state index contributed by atoms with van der Waals surface area (Å²) in [6.07, 6.45) is 0. The molecule has 1 atom stereocenters. The Morgan fingerprint density at radius 2 is 1.63 bits per heavy atom. The molecule has 0 aromatic heterocycles. The fourth-order valence-electron chi connectivity index (χ4n) is 4.44. The molecule has 0 spiro atoms. The summed E-state index contributed by atoms with van der Waals surface area (Å²) in [7, 11) is 1.69. The largest absolute Gasteiger partial charge is 0.497 e. The highest BCUT2D eigenvalue weighted by molar-refractivity contribution is 6.00. The van der Waals surface area contributed by atoms with E-state index in [4.69, 9.17) is 4.74 Å². The van der Waals surface area contributed by atoms with Gasteiger partial charge in [0.25, 0.3) is 5.91 Å². The Labute approximate surface area is 159 Å². The minimum absolute atomic E-state index is 0.0531. The Hall–Kier alpha value is -3.07. The molecule has 0 saturated carbocycles. The highest BCUT2D eigenvalue weighted by Crippen LogP contribution is 2.47. The zero-order chi connectivity index (χ0) is 18.7. The maximum absolute atomic E-state index is 13.2. The lowest BCUT2D eigenvalue weighted by atomic mass is 9.89. The molecule has 134 valence electrons. The third kappa shape index (κ3) is 2.24. The van der Waals surface area contributed by atoms with Crippen LogP contribution in [-0.2, 0) is 6.54 Å². The number of carbonyl (C=O) groups excluding carboxylic acids is 1. The SMILES string of the molecule is COc1ccc2c(c1)-c1cc(C)c(C)cc1CN1C(=O)c3ccccc3C21. The first-order valence-electron chi connectivity index (χ1n) is 9.27. The molecule has 3 heteroatoms. The fourth-order valence-corrected chi connectivity index (χ4v) is 4.44. The Bertz CT molecular complexity index is 1100. The topological polar surface area (TPSA) is 29.5 Å². The maximum atomic E-state index is 13.2. The lowest BCUT2D eigenvalue weighted by Gasteiger charge is -2.24.